The largest absolute Gasteiger partial charge is 0.490 e. The van der Waals surface area contributed by atoms with Crippen molar-refractivity contribution in [2.24, 2.45) is 5.73 Å². The van der Waals surface area contributed by atoms with Crippen molar-refractivity contribution in [3.63, 3.8) is 0 Å². The van der Waals surface area contributed by atoms with E-state index in [1.54, 1.807) is 12.4 Å². The summed E-state index contributed by atoms with van der Waals surface area (Å²) in [5.41, 5.74) is 6.50. The van der Waals surface area contributed by atoms with Gasteiger partial charge in [0.25, 0.3) is 0 Å². The number of rotatable bonds is 4. The van der Waals surface area contributed by atoms with Crippen LogP contribution in [0, 0.1) is 6.92 Å². The van der Waals surface area contributed by atoms with Gasteiger partial charge in [0.1, 0.15) is 12.4 Å². The Morgan fingerprint density at radius 3 is 3.00 bits per heavy atom. The van der Waals surface area contributed by atoms with Crippen molar-refractivity contribution < 1.29 is 9.84 Å². The van der Waals surface area contributed by atoms with E-state index in [0.717, 1.165) is 5.56 Å². The van der Waals surface area contributed by atoms with Crippen molar-refractivity contribution in [3.05, 3.63) is 24.0 Å². The van der Waals surface area contributed by atoms with Crippen LogP contribution in [0.5, 0.6) is 5.75 Å². The van der Waals surface area contributed by atoms with Crippen LogP contribution < -0.4 is 10.5 Å². The average molecular weight is 182 g/mol. The summed E-state index contributed by atoms with van der Waals surface area (Å²) in [6.07, 6.45) is 3.37. The molecule has 0 amide bonds. The van der Waals surface area contributed by atoms with Crippen LogP contribution in [0.4, 0.5) is 0 Å². The summed E-state index contributed by atoms with van der Waals surface area (Å²) in [6.45, 7) is 2.17. The first kappa shape index (κ1) is 9.95. The molecule has 1 unspecified atom stereocenters. The fourth-order valence-electron chi connectivity index (χ4n) is 0.862. The van der Waals surface area contributed by atoms with Gasteiger partial charge in [-0.1, -0.05) is 0 Å². The van der Waals surface area contributed by atoms with Gasteiger partial charge in [-0.05, 0) is 18.6 Å². The smallest absolute Gasteiger partial charge is 0.137 e. The van der Waals surface area contributed by atoms with Crippen LogP contribution in [0.1, 0.15) is 5.56 Å². The number of aliphatic hydroxyl groups is 1. The third-order valence-corrected chi connectivity index (χ3v) is 1.55. The van der Waals surface area contributed by atoms with Gasteiger partial charge >= 0.3 is 0 Å². The van der Waals surface area contributed by atoms with Crippen LogP contribution in [-0.4, -0.2) is 29.3 Å². The van der Waals surface area contributed by atoms with Gasteiger partial charge in [-0.2, -0.15) is 0 Å². The van der Waals surface area contributed by atoms with Gasteiger partial charge in [-0.25, -0.2) is 0 Å². The highest BCUT2D eigenvalue weighted by Crippen LogP contribution is 2.09. The van der Waals surface area contributed by atoms with Crippen LogP contribution >= 0.6 is 0 Å². The van der Waals surface area contributed by atoms with E-state index in [1.165, 1.54) is 0 Å². The molecule has 0 bridgehead atoms. The molecule has 72 valence electrons. The fourth-order valence-corrected chi connectivity index (χ4v) is 0.862. The second kappa shape index (κ2) is 4.79. The molecule has 13 heavy (non-hydrogen) atoms. The molecule has 3 N–H and O–H groups in total. The summed E-state index contributed by atoms with van der Waals surface area (Å²) in [4.78, 5) is 3.96. The lowest BCUT2D eigenvalue weighted by Crippen LogP contribution is -2.31. The van der Waals surface area contributed by atoms with E-state index >= 15 is 0 Å². The lowest BCUT2D eigenvalue weighted by Gasteiger charge is -2.10. The first-order valence-corrected chi connectivity index (χ1v) is 4.13. The van der Waals surface area contributed by atoms with Crippen molar-refractivity contribution in [2.45, 2.75) is 13.0 Å². The molecule has 4 heteroatoms. The Bertz CT molecular complexity index is 266. The lowest BCUT2D eigenvalue weighted by atomic mass is 10.3. The van der Waals surface area contributed by atoms with Crippen molar-refractivity contribution in [1.82, 2.24) is 4.98 Å². The Kier molecular flexibility index (Phi) is 3.67. The molecule has 4 nitrogen and oxygen atoms in total. The number of aliphatic hydroxyl groups excluding tert-OH is 1. The first-order chi connectivity index (χ1) is 6.22. The Labute approximate surface area is 77.4 Å². The van der Waals surface area contributed by atoms with Crippen molar-refractivity contribution >= 4 is 0 Å². The molecule has 0 saturated carbocycles. The molecule has 0 aliphatic carbocycles. The summed E-state index contributed by atoms with van der Waals surface area (Å²) >= 11 is 0. The number of hydrogen-bond donors (Lipinski definition) is 2. The van der Waals surface area contributed by atoms with Crippen molar-refractivity contribution in [3.8, 4) is 5.75 Å². The van der Waals surface area contributed by atoms with Gasteiger partial charge < -0.3 is 15.6 Å². The maximum absolute atomic E-state index is 8.65. The molecule has 0 saturated heterocycles. The molecule has 0 aliphatic rings. The molecule has 0 radical (unpaired) electrons. The minimum absolute atomic E-state index is 0.0702. The van der Waals surface area contributed by atoms with Crippen LogP contribution in [0.25, 0.3) is 0 Å². The Morgan fingerprint density at radius 2 is 2.38 bits per heavy atom. The zero-order valence-electron chi connectivity index (χ0n) is 7.60. The van der Waals surface area contributed by atoms with Gasteiger partial charge in [-0.15, -0.1) is 0 Å². The van der Waals surface area contributed by atoms with E-state index in [1.807, 2.05) is 13.0 Å². The second-order valence-electron chi connectivity index (χ2n) is 2.95. The number of pyridine rings is 1. The normalized spacial score (nSPS) is 12.5. The van der Waals surface area contributed by atoms with E-state index in [4.69, 9.17) is 15.6 Å². The van der Waals surface area contributed by atoms with E-state index in [9.17, 15) is 0 Å². The molecule has 0 aromatic carbocycles. The van der Waals surface area contributed by atoms with Gasteiger partial charge in [0.15, 0.2) is 0 Å². The Hall–Kier alpha value is -1.13. The minimum Gasteiger partial charge on any atom is -0.490 e. The van der Waals surface area contributed by atoms with Gasteiger partial charge in [0.2, 0.25) is 0 Å². The Morgan fingerprint density at radius 1 is 1.62 bits per heavy atom. The average Bonchev–Trinajstić information content (AvgIpc) is 2.14. The summed E-state index contributed by atoms with van der Waals surface area (Å²) in [7, 11) is 0. The molecule has 1 atom stereocenters. The standard InChI is InChI=1S/C9H14N2O2/c1-7-2-9(4-11-3-7)13-6-8(10)5-12/h2-4,8,12H,5-6,10H2,1H3. The first-order valence-electron chi connectivity index (χ1n) is 4.13. The molecule has 1 aromatic heterocycles. The van der Waals surface area contributed by atoms with Crippen LogP contribution in [-0.2, 0) is 0 Å². The highest BCUT2D eigenvalue weighted by atomic mass is 16.5. The molecule has 0 spiro atoms. The molecule has 1 rings (SSSR count). The summed E-state index contributed by atoms with van der Waals surface area (Å²) in [5, 5.41) is 8.65. The number of aromatic nitrogens is 1. The molecular weight excluding hydrogens is 168 g/mol. The summed E-state index contributed by atoms with van der Waals surface area (Å²) < 4.78 is 5.29. The SMILES string of the molecule is Cc1cncc(OCC(N)CO)c1. The predicted molar refractivity (Wildman–Crippen MR) is 49.5 cm³/mol. The molecular formula is C9H14N2O2. The molecule has 0 fully saturated rings. The maximum atomic E-state index is 8.65. The van der Waals surface area contributed by atoms with Crippen LogP contribution in [0.2, 0.25) is 0 Å². The maximum Gasteiger partial charge on any atom is 0.137 e. The van der Waals surface area contributed by atoms with Crippen molar-refractivity contribution in [2.75, 3.05) is 13.2 Å². The van der Waals surface area contributed by atoms with Gasteiger partial charge in [0.05, 0.1) is 18.8 Å². The number of nitrogens with zero attached hydrogens (tertiary/aromatic N) is 1. The Balaban J connectivity index is 2.45. The predicted octanol–water partition coefficient (Wildman–Crippen LogP) is 0.0884. The number of ether oxygens (including phenoxy) is 1. The highest BCUT2D eigenvalue weighted by molar-refractivity contribution is 5.22. The third kappa shape index (κ3) is 3.40. The highest BCUT2D eigenvalue weighted by Gasteiger charge is 2.01. The minimum atomic E-state index is -0.333. The van der Waals surface area contributed by atoms with E-state index in [2.05, 4.69) is 4.98 Å². The second-order valence-corrected chi connectivity index (χ2v) is 2.95. The third-order valence-electron chi connectivity index (χ3n) is 1.55. The van der Waals surface area contributed by atoms with Crippen LogP contribution in [0.15, 0.2) is 18.5 Å². The van der Waals surface area contributed by atoms with Gasteiger partial charge in [-0.3, -0.25) is 4.98 Å². The van der Waals surface area contributed by atoms with Gasteiger partial charge in [0, 0.05) is 6.20 Å². The fraction of sp³-hybridized carbons (Fsp3) is 0.444. The molecule has 1 aromatic rings. The van der Waals surface area contributed by atoms with E-state index in [-0.39, 0.29) is 12.6 Å². The monoisotopic (exact) mass is 182 g/mol. The molecule has 0 aliphatic heterocycles. The number of aryl methyl sites for hydroxylation is 1. The summed E-state index contributed by atoms with van der Waals surface area (Å²) in [5.74, 6) is 0.684. The topological polar surface area (TPSA) is 68.4 Å². The van der Waals surface area contributed by atoms with Crippen molar-refractivity contribution in [1.29, 1.82) is 0 Å². The molecule has 1 heterocycles. The van der Waals surface area contributed by atoms with E-state index in [0.29, 0.717) is 12.4 Å². The zero-order valence-corrected chi connectivity index (χ0v) is 7.60. The van der Waals surface area contributed by atoms with E-state index < -0.39 is 0 Å². The number of hydrogen-bond acceptors (Lipinski definition) is 4. The zero-order chi connectivity index (χ0) is 9.68. The lowest BCUT2D eigenvalue weighted by molar-refractivity contribution is 0.206. The van der Waals surface area contributed by atoms with Crippen LogP contribution in [0.3, 0.4) is 0 Å². The number of nitrogens with two attached hydrogens (primary N) is 1. The summed E-state index contributed by atoms with van der Waals surface area (Å²) in [6, 6.07) is 1.54. The quantitative estimate of drug-likeness (QED) is 0.692.